The number of carbonyl (C=O) groups excluding carboxylic acids is 2. The van der Waals surface area contributed by atoms with Crippen molar-refractivity contribution in [3.8, 4) is 0 Å². The number of nitrogens with zero attached hydrogens (tertiary/aromatic N) is 2. The number of esters is 1. The van der Waals surface area contributed by atoms with Crippen molar-refractivity contribution in [1.82, 2.24) is 4.90 Å². The van der Waals surface area contributed by atoms with Gasteiger partial charge in [-0.2, -0.15) is 0 Å². The summed E-state index contributed by atoms with van der Waals surface area (Å²) in [5, 5.41) is 13.9. The van der Waals surface area contributed by atoms with E-state index in [1.807, 2.05) is 0 Å². The van der Waals surface area contributed by atoms with Gasteiger partial charge in [0.2, 0.25) is 0 Å². The summed E-state index contributed by atoms with van der Waals surface area (Å²) in [6, 6.07) is 4.22. The van der Waals surface area contributed by atoms with Crippen molar-refractivity contribution in [2.75, 3.05) is 32.1 Å². The van der Waals surface area contributed by atoms with E-state index in [1.54, 1.807) is 4.90 Å². The number of methoxy groups -OCH3 is 1. The molecule has 8 nitrogen and oxygen atoms in total. The molecule has 8 heteroatoms. The highest BCUT2D eigenvalue weighted by Crippen LogP contribution is 2.26. The van der Waals surface area contributed by atoms with Gasteiger partial charge in [0, 0.05) is 24.7 Å². The van der Waals surface area contributed by atoms with Crippen LogP contribution in [0, 0.1) is 10.1 Å². The van der Waals surface area contributed by atoms with Gasteiger partial charge in [-0.1, -0.05) is 0 Å². The molecule has 0 bridgehead atoms. The highest BCUT2D eigenvalue weighted by molar-refractivity contribution is 5.96. The van der Waals surface area contributed by atoms with Crippen molar-refractivity contribution >= 4 is 23.3 Å². The first kappa shape index (κ1) is 16.7. The van der Waals surface area contributed by atoms with Crippen LogP contribution < -0.4 is 5.32 Å². The van der Waals surface area contributed by atoms with Crippen molar-refractivity contribution in [2.24, 2.45) is 0 Å². The molecule has 0 radical (unpaired) electrons. The van der Waals surface area contributed by atoms with Crippen molar-refractivity contribution in [3.05, 3.63) is 33.9 Å². The molecule has 1 heterocycles. The molecular weight excluding hydrogens is 302 g/mol. The van der Waals surface area contributed by atoms with E-state index in [9.17, 15) is 19.7 Å². The molecule has 1 saturated heterocycles. The molecule has 0 saturated carbocycles. The van der Waals surface area contributed by atoms with Crippen LogP contribution in [0.1, 0.15) is 29.6 Å². The second-order valence-corrected chi connectivity index (χ2v) is 5.27. The Kier molecular flexibility index (Phi) is 5.51. The number of hydrogen-bond donors (Lipinski definition) is 1. The molecule has 1 N–H and O–H groups in total. The summed E-state index contributed by atoms with van der Waals surface area (Å²) in [5.74, 6) is -0.736. The van der Waals surface area contributed by atoms with E-state index < -0.39 is 10.9 Å². The molecule has 2 rings (SSSR count). The highest BCUT2D eigenvalue weighted by atomic mass is 16.6. The molecular formula is C15H19N3O5. The Hall–Kier alpha value is -2.64. The Morgan fingerprint density at radius 1 is 1.30 bits per heavy atom. The number of nitro groups is 1. The van der Waals surface area contributed by atoms with Gasteiger partial charge in [0.25, 0.3) is 11.6 Å². The third kappa shape index (κ3) is 4.18. The average molecular weight is 321 g/mol. The third-order valence-electron chi connectivity index (χ3n) is 3.74. The number of hydrogen-bond acceptors (Lipinski definition) is 6. The smallest absolute Gasteiger partial charge is 0.325 e. The number of nitrogens with one attached hydrogen (secondary N) is 1. The molecule has 23 heavy (non-hydrogen) atoms. The molecule has 0 unspecified atom stereocenters. The number of benzene rings is 1. The van der Waals surface area contributed by atoms with Crippen LogP contribution in [0.2, 0.25) is 0 Å². The Labute approximate surface area is 133 Å². The van der Waals surface area contributed by atoms with E-state index in [0.717, 1.165) is 19.3 Å². The molecule has 0 atom stereocenters. The first-order chi connectivity index (χ1) is 11.0. The monoisotopic (exact) mass is 321 g/mol. The van der Waals surface area contributed by atoms with Gasteiger partial charge in [-0.25, -0.2) is 0 Å². The van der Waals surface area contributed by atoms with Crippen LogP contribution in [0.5, 0.6) is 0 Å². The van der Waals surface area contributed by atoms with E-state index in [1.165, 1.54) is 25.3 Å². The number of anilines is 1. The SMILES string of the molecule is COC(=O)CNc1ccc(C(=O)N2CCCCC2)cc1[N+](=O)[O-]. The second kappa shape index (κ2) is 7.57. The van der Waals surface area contributed by atoms with E-state index in [0.29, 0.717) is 13.1 Å². The minimum absolute atomic E-state index is 0.176. The first-order valence-electron chi connectivity index (χ1n) is 7.41. The van der Waals surface area contributed by atoms with Crippen molar-refractivity contribution in [1.29, 1.82) is 0 Å². The van der Waals surface area contributed by atoms with Crippen LogP contribution in [0.15, 0.2) is 18.2 Å². The van der Waals surface area contributed by atoms with Crippen LogP contribution in [-0.4, -0.2) is 48.4 Å². The van der Waals surface area contributed by atoms with Gasteiger partial charge in [0.1, 0.15) is 12.2 Å². The lowest BCUT2D eigenvalue weighted by molar-refractivity contribution is -0.384. The van der Waals surface area contributed by atoms with Crippen LogP contribution in [0.25, 0.3) is 0 Å². The summed E-state index contributed by atoms with van der Waals surface area (Å²) in [7, 11) is 1.23. The number of piperidine rings is 1. The lowest BCUT2D eigenvalue weighted by atomic mass is 10.1. The number of ether oxygens (including phenoxy) is 1. The number of likely N-dealkylation sites (tertiary alicyclic amines) is 1. The zero-order chi connectivity index (χ0) is 16.8. The predicted molar refractivity (Wildman–Crippen MR) is 83.4 cm³/mol. The number of rotatable bonds is 5. The van der Waals surface area contributed by atoms with Gasteiger partial charge >= 0.3 is 5.97 Å². The Morgan fingerprint density at radius 2 is 2.00 bits per heavy atom. The topological polar surface area (TPSA) is 102 Å². The molecule has 0 aromatic heterocycles. The average Bonchev–Trinajstić information content (AvgIpc) is 2.59. The third-order valence-corrected chi connectivity index (χ3v) is 3.74. The van der Waals surface area contributed by atoms with Gasteiger partial charge in [0.15, 0.2) is 0 Å². The Bertz CT molecular complexity index is 611. The summed E-state index contributed by atoms with van der Waals surface area (Å²) in [4.78, 5) is 35.9. The summed E-state index contributed by atoms with van der Waals surface area (Å²) in [5.41, 5.74) is 0.217. The standard InChI is InChI=1S/C15H19N3O5/c1-23-14(19)10-16-12-6-5-11(9-13(12)18(21)22)15(20)17-7-3-2-4-8-17/h5-6,9,16H,2-4,7-8,10H2,1H3. The fourth-order valence-electron chi connectivity index (χ4n) is 2.48. The fraction of sp³-hybridized carbons (Fsp3) is 0.467. The molecule has 124 valence electrons. The second-order valence-electron chi connectivity index (χ2n) is 5.27. The van der Waals surface area contributed by atoms with Crippen LogP contribution in [-0.2, 0) is 9.53 Å². The summed E-state index contributed by atoms with van der Waals surface area (Å²) >= 11 is 0. The summed E-state index contributed by atoms with van der Waals surface area (Å²) < 4.78 is 4.48. The summed E-state index contributed by atoms with van der Waals surface area (Å²) in [6.45, 7) is 1.17. The molecule has 1 aromatic rings. The van der Waals surface area contributed by atoms with Crippen molar-refractivity contribution < 1.29 is 19.2 Å². The van der Waals surface area contributed by atoms with E-state index >= 15 is 0 Å². The largest absolute Gasteiger partial charge is 0.468 e. The molecule has 1 fully saturated rings. The van der Waals surface area contributed by atoms with Gasteiger partial charge in [-0.15, -0.1) is 0 Å². The maximum absolute atomic E-state index is 12.4. The number of amides is 1. The van der Waals surface area contributed by atoms with Crippen LogP contribution >= 0.6 is 0 Å². The lowest BCUT2D eigenvalue weighted by Crippen LogP contribution is -2.35. The molecule has 0 spiro atoms. The van der Waals surface area contributed by atoms with Gasteiger partial charge in [-0.3, -0.25) is 19.7 Å². The first-order valence-corrected chi connectivity index (χ1v) is 7.41. The minimum Gasteiger partial charge on any atom is -0.468 e. The van der Waals surface area contributed by atoms with E-state index in [2.05, 4.69) is 10.1 Å². The molecule has 1 aliphatic heterocycles. The number of nitro benzene ring substituents is 1. The number of carbonyl (C=O) groups is 2. The Morgan fingerprint density at radius 3 is 2.61 bits per heavy atom. The van der Waals surface area contributed by atoms with Gasteiger partial charge in [0.05, 0.1) is 12.0 Å². The minimum atomic E-state index is -0.577. The van der Waals surface area contributed by atoms with Gasteiger partial charge < -0.3 is 15.0 Å². The molecule has 1 aliphatic rings. The molecule has 1 aromatic carbocycles. The van der Waals surface area contributed by atoms with Crippen molar-refractivity contribution in [2.45, 2.75) is 19.3 Å². The fourth-order valence-corrected chi connectivity index (χ4v) is 2.48. The zero-order valence-corrected chi connectivity index (χ0v) is 12.9. The molecule has 0 aliphatic carbocycles. The molecule has 1 amide bonds. The zero-order valence-electron chi connectivity index (χ0n) is 12.9. The highest BCUT2D eigenvalue weighted by Gasteiger charge is 2.22. The normalized spacial score (nSPS) is 14.2. The van der Waals surface area contributed by atoms with Crippen LogP contribution in [0.3, 0.4) is 0 Å². The Balaban J connectivity index is 2.19. The van der Waals surface area contributed by atoms with Crippen LogP contribution in [0.4, 0.5) is 11.4 Å². The summed E-state index contributed by atoms with van der Waals surface area (Å²) in [6.07, 6.45) is 3.00. The quantitative estimate of drug-likeness (QED) is 0.504. The van der Waals surface area contributed by atoms with Crippen molar-refractivity contribution in [3.63, 3.8) is 0 Å². The lowest BCUT2D eigenvalue weighted by Gasteiger charge is -2.26. The predicted octanol–water partition coefficient (Wildman–Crippen LogP) is 1.81. The van der Waals surface area contributed by atoms with E-state index in [4.69, 9.17) is 0 Å². The van der Waals surface area contributed by atoms with E-state index in [-0.39, 0.29) is 29.4 Å². The maximum Gasteiger partial charge on any atom is 0.325 e. The maximum atomic E-state index is 12.4. The van der Waals surface area contributed by atoms with Gasteiger partial charge in [-0.05, 0) is 31.4 Å².